The Morgan fingerprint density at radius 3 is 2.40 bits per heavy atom. The van der Waals surface area contributed by atoms with Gasteiger partial charge in [0.25, 0.3) is 0 Å². The third kappa shape index (κ3) is 3.45. The van der Waals surface area contributed by atoms with E-state index in [1.165, 1.54) is 38.5 Å². The summed E-state index contributed by atoms with van der Waals surface area (Å²) < 4.78 is 6.28. The molecule has 1 heterocycles. The number of nitrogens with two attached hydrogens (primary N) is 1. The summed E-state index contributed by atoms with van der Waals surface area (Å²) in [4.78, 5) is 0. The normalized spacial score (nSPS) is 22.2. The fourth-order valence-corrected chi connectivity index (χ4v) is 3.38. The van der Waals surface area contributed by atoms with E-state index in [1.807, 2.05) is 24.3 Å². The van der Waals surface area contributed by atoms with Crippen molar-refractivity contribution in [3.63, 3.8) is 0 Å². The minimum Gasteiger partial charge on any atom is -0.490 e. The van der Waals surface area contributed by atoms with Crippen LogP contribution in [0.2, 0.25) is 0 Å². The molecular weight excluding hydrogens is 248 g/mol. The molecule has 0 amide bonds. The van der Waals surface area contributed by atoms with Crippen LogP contribution in [-0.4, -0.2) is 19.2 Å². The Bertz CT molecular complexity index is 408. The molecule has 0 spiro atoms. The van der Waals surface area contributed by atoms with E-state index in [9.17, 15) is 0 Å². The van der Waals surface area contributed by atoms with Crippen LogP contribution >= 0.6 is 0 Å². The summed E-state index contributed by atoms with van der Waals surface area (Å²) in [5.41, 5.74) is 6.54. The van der Waals surface area contributed by atoms with Crippen LogP contribution in [0.4, 0.5) is 5.69 Å². The highest BCUT2D eigenvalue weighted by molar-refractivity contribution is 5.41. The lowest BCUT2D eigenvalue weighted by Gasteiger charge is -2.37. The number of anilines is 1. The Kier molecular flexibility index (Phi) is 4.46. The number of nitrogens with one attached hydrogen (secondary N) is 1. The van der Waals surface area contributed by atoms with Crippen molar-refractivity contribution in [1.29, 1.82) is 0 Å². The molecule has 110 valence electrons. The largest absolute Gasteiger partial charge is 0.490 e. The maximum absolute atomic E-state index is 6.28. The first-order chi connectivity index (χ1) is 9.81. The predicted octanol–water partition coefficient (Wildman–Crippen LogP) is 3.21. The van der Waals surface area contributed by atoms with Crippen LogP contribution < -0.4 is 15.8 Å². The molecule has 1 saturated carbocycles. The van der Waals surface area contributed by atoms with Gasteiger partial charge in [0.15, 0.2) is 0 Å². The van der Waals surface area contributed by atoms with Gasteiger partial charge in [0, 0.05) is 24.7 Å². The fourth-order valence-electron chi connectivity index (χ4n) is 3.38. The van der Waals surface area contributed by atoms with Gasteiger partial charge in [0.05, 0.1) is 0 Å². The Morgan fingerprint density at radius 2 is 1.80 bits per heavy atom. The maximum atomic E-state index is 6.28. The van der Waals surface area contributed by atoms with Gasteiger partial charge >= 0.3 is 0 Å². The molecule has 1 aliphatic heterocycles. The van der Waals surface area contributed by atoms with Crippen molar-refractivity contribution in [2.75, 3.05) is 18.8 Å². The van der Waals surface area contributed by atoms with Gasteiger partial charge < -0.3 is 15.8 Å². The van der Waals surface area contributed by atoms with Crippen LogP contribution in [-0.2, 0) is 0 Å². The first-order valence-electron chi connectivity index (χ1n) is 8.04. The molecular formula is C17H26N2O. The average molecular weight is 274 g/mol. The number of rotatable bonds is 5. The van der Waals surface area contributed by atoms with Crippen molar-refractivity contribution >= 4 is 5.69 Å². The summed E-state index contributed by atoms with van der Waals surface area (Å²) in [5, 5.41) is 3.37. The SMILES string of the molecule is Nc1ccc(OC(CC2CCCCC2)C2CNC2)cc1. The van der Waals surface area contributed by atoms with Crippen LogP contribution in [0.3, 0.4) is 0 Å². The third-order valence-corrected chi connectivity index (χ3v) is 4.80. The molecule has 3 rings (SSSR count). The zero-order valence-electron chi connectivity index (χ0n) is 12.2. The molecule has 3 N–H and O–H groups in total. The van der Waals surface area contributed by atoms with Gasteiger partial charge in [0.1, 0.15) is 11.9 Å². The van der Waals surface area contributed by atoms with E-state index in [-0.39, 0.29) is 0 Å². The highest BCUT2D eigenvalue weighted by Crippen LogP contribution is 2.31. The van der Waals surface area contributed by atoms with Crippen LogP contribution in [0.5, 0.6) is 5.75 Å². The lowest BCUT2D eigenvalue weighted by atomic mass is 9.81. The highest BCUT2D eigenvalue weighted by atomic mass is 16.5. The Balaban J connectivity index is 1.61. The van der Waals surface area contributed by atoms with Gasteiger partial charge in [-0.1, -0.05) is 32.1 Å². The van der Waals surface area contributed by atoms with E-state index < -0.39 is 0 Å². The predicted molar refractivity (Wildman–Crippen MR) is 82.8 cm³/mol. The van der Waals surface area contributed by atoms with Crippen LogP contribution in [0, 0.1) is 11.8 Å². The zero-order chi connectivity index (χ0) is 13.8. The van der Waals surface area contributed by atoms with Crippen molar-refractivity contribution in [3.8, 4) is 5.75 Å². The van der Waals surface area contributed by atoms with E-state index in [4.69, 9.17) is 10.5 Å². The molecule has 1 aromatic carbocycles. The van der Waals surface area contributed by atoms with Gasteiger partial charge in [0.2, 0.25) is 0 Å². The number of ether oxygens (including phenoxy) is 1. The van der Waals surface area contributed by atoms with Gasteiger partial charge in [-0.15, -0.1) is 0 Å². The topological polar surface area (TPSA) is 47.3 Å². The van der Waals surface area contributed by atoms with Gasteiger partial charge in [-0.25, -0.2) is 0 Å². The number of hydrogen-bond acceptors (Lipinski definition) is 3. The van der Waals surface area contributed by atoms with Crippen molar-refractivity contribution in [2.24, 2.45) is 11.8 Å². The van der Waals surface area contributed by atoms with Crippen molar-refractivity contribution in [3.05, 3.63) is 24.3 Å². The number of benzene rings is 1. The number of hydrogen-bond donors (Lipinski definition) is 2. The molecule has 2 fully saturated rings. The Hall–Kier alpha value is -1.22. The summed E-state index contributed by atoms with van der Waals surface area (Å²) in [6, 6.07) is 7.84. The molecule has 0 radical (unpaired) electrons. The zero-order valence-corrected chi connectivity index (χ0v) is 12.2. The Morgan fingerprint density at radius 1 is 1.10 bits per heavy atom. The molecule has 1 aromatic rings. The lowest BCUT2D eigenvalue weighted by Crippen LogP contribution is -2.51. The van der Waals surface area contributed by atoms with Crippen LogP contribution in [0.1, 0.15) is 38.5 Å². The molecule has 2 aliphatic rings. The fraction of sp³-hybridized carbons (Fsp3) is 0.647. The second-order valence-corrected chi connectivity index (χ2v) is 6.38. The molecule has 20 heavy (non-hydrogen) atoms. The highest BCUT2D eigenvalue weighted by Gasteiger charge is 2.31. The lowest BCUT2D eigenvalue weighted by molar-refractivity contribution is 0.0699. The average Bonchev–Trinajstić information content (AvgIpc) is 2.40. The minimum atomic E-state index is 0.364. The summed E-state index contributed by atoms with van der Waals surface area (Å²) in [5.74, 6) is 2.50. The molecule has 0 bridgehead atoms. The smallest absolute Gasteiger partial charge is 0.119 e. The molecule has 1 saturated heterocycles. The van der Waals surface area contributed by atoms with Crippen LogP contribution in [0.15, 0.2) is 24.3 Å². The van der Waals surface area contributed by atoms with E-state index in [2.05, 4.69) is 5.32 Å². The summed E-state index contributed by atoms with van der Waals surface area (Å²) in [7, 11) is 0. The molecule has 1 aliphatic carbocycles. The Labute approximate surface area is 121 Å². The van der Waals surface area contributed by atoms with Gasteiger partial charge in [-0.3, -0.25) is 0 Å². The van der Waals surface area contributed by atoms with Gasteiger partial charge in [-0.2, -0.15) is 0 Å². The van der Waals surface area contributed by atoms with E-state index in [0.29, 0.717) is 12.0 Å². The molecule has 1 atom stereocenters. The maximum Gasteiger partial charge on any atom is 0.119 e. The van der Waals surface area contributed by atoms with Crippen LogP contribution in [0.25, 0.3) is 0 Å². The minimum absolute atomic E-state index is 0.364. The third-order valence-electron chi connectivity index (χ3n) is 4.80. The van der Waals surface area contributed by atoms with E-state index in [0.717, 1.165) is 30.4 Å². The summed E-state index contributed by atoms with van der Waals surface area (Å²) in [6.45, 7) is 2.21. The first kappa shape index (κ1) is 13.7. The monoisotopic (exact) mass is 274 g/mol. The molecule has 1 unspecified atom stereocenters. The number of nitrogen functional groups attached to an aromatic ring is 1. The van der Waals surface area contributed by atoms with E-state index in [1.54, 1.807) is 0 Å². The first-order valence-corrected chi connectivity index (χ1v) is 8.04. The van der Waals surface area contributed by atoms with Crippen molar-refractivity contribution < 1.29 is 4.74 Å². The summed E-state index contributed by atoms with van der Waals surface area (Å²) >= 11 is 0. The standard InChI is InChI=1S/C17H26N2O/c18-15-6-8-16(9-7-15)20-17(14-11-19-12-14)10-13-4-2-1-3-5-13/h6-9,13-14,17,19H,1-5,10-12,18H2. The van der Waals surface area contributed by atoms with E-state index >= 15 is 0 Å². The quantitative estimate of drug-likeness (QED) is 0.811. The van der Waals surface area contributed by atoms with Crippen molar-refractivity contribution in [2.45, 2.75) is 44.6 Å². The molecule has 0 aromatic heterocycles. The second-order valence-electron chi connectivity index (χ2n) is 6.38. The summed E-state index contributed by atoms with van der Waals surface area (Å²) in [6.07, 6.45) is 8.60. The van der Waals surface area contributed by atoms with Crippen molar-refractivity contribution in [1.82, 2.24) is 5.32 Å². The molecule has 3 nitrogen and oxygen atoms in total. The van der Waals surface area contributed by atoms with Gasteiger partial charge in [-0.05, 0) is 36.6 Å². The molecule has 3 heteroatoms. The second kappa shape index (κ2) is 6.49.